The number of nitrogens with one attached hydrogen (secondary N) is 1. The Bertz CT molecular complexity index is 797. The quantitative estimate of drug-likeness (QED) is 0.0385. The van der Waals surface area contributed by atoms with Crippen molar-refractivity contribution in [1.82, 2.24) is 5.32 Å². The molecule has 18 nitrogen and oxygen atoms in total. The number of methoxy groups -OCH3 is 1. The molecule has 0 bridgehead atoms. The van der Waals surface area contributed by atoms with Crippen LogP contribution in [-0.4, -0.2) is 154 Å². The zero-order valence-corrected chi connectivity index (χ0v) is 25.3. The topological polar surface area (TPSA) is 255 Å². The molecule has 18 heteroatoms. The molecule has 1 amide bonds. The number of carbonyl (C=O) groups excluding carboxylic acids is 3. The van der Waals surface area contributed by atoms with Crippen LogP contribution in [0, 0.1) is 0 Å². The molecule has 6 N–H and O–H groups in total. The molecule has 0 aliphatic rings. The fourth-order valence-corrected chi connectivity index (χ4v) is 3.05. The Kier molecular flexibility index (Phi) is 24.3. The lowest BCUT2D eigenvalue weighted by Gasteiger charge is -2.28. The highest BCUT2D eigenvalue weighted by Crippen LogP contribution is 2.11. The Morgan fingerprint density at radius 3 is 1.57 bits per heavy atom. The average Bonchev–Trinajstić information content (AvgIpc) is 3.03. The number of hydrogen-bond donors (Lipinski definition) is 6. The van der Waals surface area contributed by atoms with Gasteiger partial charge in [-0.1, -0.05) is 6.92 Å². The maximum absolute atomic E-state index is 12.1. The minimum atomic E-state index is -1.35. The first-order valence-corrected chi connectivity index (χ1v) is 13.9. The molecule has 0 aliphatic carbocycles. The number of hydrogen-bond acceptors (Lipinski definition) is 16. The predicted octanol–water partition coefficient (Wildman–Crippen LogP) is -2.34. The van der Waals surface area contributed by atoms with E-state index in [-0.39, 0.29) is 45.0 Å². The number of aliphatic carboxylic acids is 1. The molecule has 258 valence electrons. The van der Waals surface area contributed by atoms with E-state index in [9.17, 15) is 39.6 Å². The fourth-order valence-electron chi connectivity index (χ4n) is 3.05. The maximum atomic E-state index is 12.1. The van der Waals surface area contributed by atoms with E-state index >= 15 is 0 Å². The Morgan fingerprint density at radius 1 is 0.636 bits per heavy atom. The number of carbonyl (C=O) groups is 4. The molecule has 0 spiro atoms. The van der Waals surface area contributed by atoms with E-state index in [0.717, 1.165) is 0 Å². The summed E-state index contributed by atoms with van der Waals surface area (Å²) in [4.78, 5) is 45.8. The van der Waals surface area contributed by atoms with Crippen molar-refractivity contribution in [2.24, 2.45) is 0 Å². The SMILES string of the molecule is CCC(CO)O[C@@H](CO)OCC(CO)O[C@@H](COC(=O)CCC(=O)NC)OCC(CO)O[C@@H](COC(=O)CCC(=O)O)OC. The summed E-state index contributed by atoms with van der Waals surface area (Å²) in [6, 6.07) is 0. The molecule has 0 aromatic rings. The molecule has 0 aliphatic heterocycles. The number of amides is 1. The second-order valence-electron chi connectivity index (χ2n) is 9.04. The standard InChI is InChI=1S/C26H47NO17/c1-4-17(9-28)42-24(12-31)40-13-19(11-30)44-26(16-39-22(35)7-5-20(32)27-2)41-14-18(10-29)43-25(37-3)15-38-23(36)8-6-21(33)34/h17-19,24-26,28-31H,4-16H2,1-3H3,(H,27,32)(H,33,34)/t17?,18?,19?,24-,25-,26-/m0/s1. The molecule has 0 saturated heterocycles. The summed E-state index contributed by atoms with van der Waals surface area (Å²) >= 11 is 0. The largest absolute Gasteiger partial charge is 0.481 e. The van der Waals surface area contributed by atoms with Crippen LogP contribution in [0.4, 0.5) is 0 Å². The number of carboxylic acids is 1. The van der Waals surface area contributed by atoms with Crippen LogP contribution in [0.1, 0.15) is 39.0 Å². The number of aliphatic hydroxyl groups is 4. The highest BCUT2D eigenvalue weighted by atomic mass is 16.7. The lowest BCUT2D eigenvalue weighted by Crippen LogP contribution is -2.40. The van der Waals surface area contributed by atoms with Crippen LogP contribution in [0.15, 0.2) is 0 Å². The third-order valence-corrected chi connectivity index (χ3v) is 5.59. The van der Waals surface area contributed by atoms with Gasteiger partial charge in [0.05, 0.1) is 65.0 Å². The number of carboxylic acid groups (broad SMARTS) is 1. The number of aliphatic hydroxyl groups excluding tert-OH is 4. The van der Waals surface area contributed by atoms with Crippen molar-refractivity contribution < 1.29 is 82.6 Å². The van der Waals surface area contributed by atoms with Crippen LogP contribution >= 0.6 is 0 Å². The second kappa shape index (κ2) is 25.8. The van der Waals surface area contributed by atoms with Gasteiger partial charge in [-0.2, -0.15) is 0 Å². The first-order chi connectivity index (χ1) is 21.0. The third-order valence-electron chi connectivity index (χ3n) is 5.59. The smallest absolute Gasteiger partial charge is 0.306 e. The Morgan fingerprint density at radius 2 is 1.11 bits per heavy atom. The normalized spacial score (nSPS) is 15.4. The fraction of sp³-hybridized carbons (Fsp3) is 0.846. The van der Waals surface area contributed by atoms with E-state index in [4.69, 9.17) is 43.0 Å². The summed E-state index contributed by atoms with van der Waals surface area (Å²) < 4.78 is 42.8. The molecule has 0 rings (SSSR count). The molecule has 0 radical (unpaired) electrons. The highest BCUT2D eigenvalue weighted by Gasteiger charge is 2.25. The van der Waals surface area contributed by atoms with Gasteiger partial charge in [-0.05, 0) is 6.42 Å². The third kappa shape index (κ3) is 20.4. The molecule has 0 aromatic heterocycles. The Labute approximate surface area is 255 Å². The summed E-state index contributed by atoms with van der Waals surface area (Å²) in [6.07, 6.45) is -7.08. The van der Waals surface area contributed by atoms with E-state index in [0.29, 0.717) is 6.42 Å². The zero-order valence-electron chi connectivity index (χ0n) is 25.3. The predicted molar refractivity (Wildman–Crippen MR) is 146 cm³/mol. The van der Waals surface area contributed by atoms with Crippen LogP contribution in [0.3, 0.4) is 0 Å². The average molecular weight is 646 g/mol. The maximum Gasteiger partial charge on any atom is 0.306 e. The zero-order chi connectivity index (χ0) is 33.3. The first kappa shape index (κ1) is 41.5. The summed E-state index contributed by atoms with van der Waals surface area (Å²) in [5.74, 6) is -3.09. The molecular weight excluding hydrogens is 598 g/mol. The van der Waals surface area contributed by atoms with Crippen LogP contribution in [0.5, 0.6) is 0 Å². The molecule has 0 aromatic carbocycles. The second-order valence-corrected chi connectivity index (χ2v) is 9.04. The van der Waals surface area contributed by atoms with Crippen molar-refractivity contribution >= 4 is 23.8 Å². The minimum absolute atomic E-state index is 0.121. The van der Waals surface area contributed by atoms with Crippen LogP contribution in [0.25, 0.3) is 0 Å². The monoisotopic (exact) mass is 645 g/mol. The molecule has 0 saturated carbocycles. The van der Waals surface area contributed by atoms with Crippen molar-refractivity contribution in [3.05, 3.63) is 0 Å². The summed E-state index contributed by atoms with van der Waals surface area (Å²) in [5, 5.41) is 49.4. The van der Waals surface area contributed by atoms with E-state index in [1.54, 1.807) is 6.92 Å². The van der Waals surface area contributed by atoms with Gasteiger partial charge in [-0.3, -0.25) is 19.2 Å². The molecule has 0 heterocycles. The van der Waals surface area contributed by atoms with E-state index in [1.807, 2.05) is 0 Å². The molecule has 3 unspecified atom stereocenters. The van der Waals surface area contributed by atoms with E-state index in [1.165, 1.54) is 14.2 Å². The number of ether oxygens (including phenoxy) is 8. The minimum Gasteiger partial charge on any atom is -0.481 e. The van der Waals surface area contributed by atoms with Crippen molar-refractivity contribution in [2.45, 2.75) is 76.2 Å². The van der Waals surface area contributed by atoms with Gasteiger partial charge >= 0.3 is 17.9 Å². The highest BCUT2D eigenvalue weighted by molar-refractivity contribution is 5.81. The summed E-state index contributed by atoms with van der Waals surface area (Å²) in [7, 11) is 2.66. The molecule has 44 heavy (non-hydrogen) atoms. The summed E-state index contributed by atoms with van der Waals surface area (Å²) in [6.45, 7) is -1.89. The van der Waals surface area contributed by atoms with Crippen LogP contribution in [0.2, 0.25) is 0 Å². The van der Waals surface area contributed by atoms with E-state index < -0.39 is 94.5 Å². The van der Waals surface area contributed by atoms with Gasteiger partial charge in [0, 0.05) is 20.6 Å². The Hall–Kier alpha value is -2.52. The Balaban J connectivity index is 5.27. The number of rotatable bonds is 28. The lowest BCUT2D eigenvalue weighted by atomic mass is 10.3. The lowest BCUT2D eigenvalue weighted by molar-refractivity contribution is -0.254. The van der Waals surface area contributed by atoms with Gasteiger partial charge in [0.1, 0.15) is 25.4 Å². The van der Waals surface area contributed by atoms with Crippen molar-refractivity contribution in [3.63, 3.8) is 0 Å². The van der Waals surface area contributed by atoms with E-state index in [2.05, 4.69) is 5.32 Å². The number of esters is 2. The molecule has 0 fully saturated rings. The molecular formula is C26H47NO17. The van der Waals surface area contributed by atoms with Crippen LogP contribution < -0.4 is 5.32 Å². The van der Waals surface area contributed by atoms with Gasteiger partial charge in [-0.15, -0.1) is 0 Å². The van der Waals surface area contributed by atoms with Crippen LogP contribution in [-0.2, 0) is 57.1 Å². The van der Waals surface area contributed by atoms with Crippen molar-refractivity contribution in [2.75, 3.05) is 67.0 Å². The molecule has 6 atom stereocenters. The van der Waals surface area contributed by atoms with Gasteiger partial charge in [0.2, 0.25) is 5.91 Å². The van der Waals surface area contributed by atoms with Gasteiger partial charge in [-0.25, -0.2) is 0 Å². The van der Waals surface area contributed by atoms with Crippen molar-refractivity contribution in [1.29, 1.82) is 0 Å². The first-order valence-electron chi connectivity index (χ1n) is 13.9. The van der Waals surface area contributed by atoms with Gasteiger partial charge in [0.15, 0.2) is 18.9 Å². The van der Waals surface area contributed by atoms with Crippen molar-refractivity contribution in [3.8, 4) is 0 Å². The van der Waals surface area contributed by atoms with Gasteiger partial charge in [0.25, 0.3) is 0 Å². The summed E-state index contributed by atoms with van der Waals surface area (Å²) in [5.41, 5.74) is 0. The van der Waals surface area contributed by atoms with Gasteiger partial charge < -0.3 is 68.7 Å².